The van der Waals surface area contributed by atoms with Crippen LogP contribution in [0.4, 0.5) is 5.69 Å². The van der Waals surface area contributed by atoms with Gasteiger partial charge in [-0.05, 0) is 41.5 Å². The highest BCUT2D eigenvalue weighted by Crippen LogP contribution is 2.28. The molecule has 0 saturated carbocycles. The van der Waals surface area contributed by atoms with Crippen molar-refractivity contribution in [1.29, 1.82) is 0 Å². The lowest BCUT2D eigenvalue weighted by atomic mass is 10.0. The topological polar surface area (TPSA) is 28.1 Å². The molecule has 1 heterocycles. The fraction of sp³-hybridized carbons (Fsp3) is 0.261. The van der Waals surface area contributed by atoms with E-state index in [0.29, 0.717) is 0 Å². The van der Waals surface area contributed by atoms with Crippen molar-refractivity contribution in [3.05, 3.63) is 72.3 Å². The number of nitrogens with zero attached hydrogens (tertiary/aromatic N) is 3. The molecule has 1 fully saturated rings. The van der Waals surface area contributed by atoms with E-state index >= 15 is 0 Å². The zero-order chi connectivity index (χ0) is 18.6. The van der Waals surface area contributed by atoms with Crippen LogP contribution in [0.5, 0.6) is 5.75 Å². The molecule has 0 amide bonds. The van der Waals surface area contributed by atoms with E-state index in [-0.39, 0.29) is 0 Å². The van der Waals surface area contributed by atoms with Gasteiger partial charge in [0.2, 0.25) is 0 Å². The number of benzene rings is 3. The number of hydrazone groups is 1. The molecule has 27 heavy (non-hydrogen) atoms. The van der Waals surface area contributed by atoms with E-state index in [1.807, 2.05) is 12.1 Å². The number of anilines is 1. The maximum absolute atomic E-state index is 5.50. The summed E-state index contributed by atoms with van der Waals surface area (Å²) < 4.78 is 5.50. The molecule has 0 atom stereocenters. The zero-order valence-electron chi connectivity index (χ0n) is 15.9. The fourth-order valence-corrected chi connectivity index (χ4v) is 3.61. The average Bonchev–Trinajstić information content (AvgIpc) is 2.74. The third-order valence-corrected chi connectivity index (χ3v) is 5.14. The van der Waals surface area contributed by atoms with Crippen molar-refractivity contribution >= 4 is 22.2 Å². The first-order chi connectivity index (χ1) is 13.2. The molecule has 3 aromatic carbocycles. The number of rotatable bonds is 4. The quantitative estimate of drug-likeness (QED) is 0.647. The highest BCUT2D eigenvalue weighted by Gasteiger charge is 2.18. The highest BCUT2D eigenvalue weighted by atomic mass is 16.5. The third kappa shape index (κ3) is 3.75. The van der Waals surface area contributed by atoms with Gasteiger partial charge < -0.3 is 9.64 Å². The van der Waals surface area contributed by atoms with Crippen LogP contribution in [0.1, 0.15) is 12.5 Å². The lowest BCUT2D eigenvalue weighted by molar-refractivity contribution is 0.269. The Morgan fingerprint density at radius 2 is 1.56 bits per heavy atom. The van der Waals surface area contributed by atoms with Crippen LogP contribution in [0.2, 0.25) is 0 Å². The first-order valence-electron chi connectivity index (χ1n) is 9.42. The molecule has 1 aliphatic heterocycles. The van der Waals surface area contributed by atoms with Gasteiger partial charge in [0.25, 0.3) is 0 Å². The van der Waals surface area contributed by atoms with Crippen molar-refractivity contribution in [2.75, 3.05) is 38.2 Å². The summed E-state index contributed by atoms with van der Waals surface area (Å²) >= 11 is 0. The van der Waals surface area contributed by atoms with Crippen LogP contribution in [-0.4, -0.2) is 44.0 Å². The molecule has 0 aromatic heterocycles. The smallest absolute Gasteiger partial charge is 0.142 e. The minimum Gasteiger partial charge on any atom is -0.495 e. The number of ether oxygens (including phenoxy) is 1. The van der Waals surface area contributed by atoms with Crippen LogP contribution in [0.3, 0.4) is 0 Å². The molecule has 4 nitrogen and oxygen atoms in total. The zero-order valence-corrected chi connectivity index (χ0v) is 15.9. The normalized spacial score (nSPS) is 15.3. The van der Waals surface area contributed by atoms with Gasteiger partial charge >= 0.3 is 0 Å². The molecular formula is C23H25N3O. The minimum absolute atomic E-state index is 0.906. The van der Waals surface area contributed by atoms with Crippen LogP contribution in [0.25, 0.3) is 10.8 Å². The maximum atomic E-state index is 5.50. The molecule has 4 heteroatoms. The molecule has 4 rings (SSSR count). The first kappa shape index (κ1) is 17.4. The first-order valence-corrected chi connectivity index (χ1v) is 9.42. The Morgan fingerprint density at radius 1 is 0.852 bits per heavy atom. The molecular weight excluding hydrogens is 334 g/mol. The summed E-state index contributed by atoms with van der Waals surface area (Å²) in [6, 6.07) is 23.2. The number of hydrogen-bond acceptors (Lipinski definition) is 4. The summed E-state index contributed by atoms with van der Waals surface area (Å²) in [7, 11) is 1.73. The lowest BCUT2D eigenvalue weighted by Gasteiger charge is -2.35. The SMILES string of the molecule is COc1ccccc1N1CCN(/N=C(\C)c2ccc3ccccc3c2)CC1. The predicted octanol–water partition coefficient (Wildman–Crippen LogP) is 4.39. The van der Waals surface area contributed by atoms with E-state index in [9.17, 15) is 0 Å². The average molecular weight is 359 g/mol. The van der Waals surface area contributed by atoms with Gasteiger partial charge in [0.05, 0.1) is 31.6 Å². The number of para-hydroxylation sites is 2. The molecule has 0 N–H and O–H groups in total. The van der Waals surface area contributed by atoms with Gasteiger partial charge in [0.15, 0.2) is 0 Å². The monoisotopic (exact) mass is 359 g/mol. The molecule has 0 aliphatic carbocycles. The van der Waals surface area contributed by atoms with Gasteiger partial charge in [-0.15, -0.1) is 0 Å². The summed E-state index contributed by atoms with van der Waals surface area (Å²) in [6.07, 6.45) is 0. The van der Waals surface area contributed by atoms with E-state index in [1.165, 1.54) is 16.3 Å². The molecule has 0 radical (unpaired) electrons. The Bertz CT molecular complexity index is 959. The van der Waals surface area contributed by atoms with E-state index in [1.54, 1.807) is 7.11 Å². The van der Waals surface area contributed by atoms with Gasteiger partial charge in [-0.25, -0.2) is 0 Å². The minimum atomic E-state index is 0.906. The lowest BCUT2D eigenvalue weighted by Crippen LogP contribution is -2.44. The fourth-order valence-electron chi connectivity index (χ4n) is 3.61. The van der Waals surface area contributed by atoms with Crippen molar-refractivity contribution in [2.45, 2.75) is 6.92 Å². The van der Waals surface area contributed by atoms with E-state index in [4.69, 9.17) is 9.84 Å². The standard InChI is InChI=1S/C23H25N3O/c1-18(20-12-11-19-7-3-4-8-21(19)17-20)24-26-15-13-25(14-16-26)22-9-5-6-10-23(22)27-2/h3-12,17H,13-16H2,1-2H3/b24-18+. The molecule has 0 unspecified atom stereocenters. The van der Waals surface area contributed by atoms with Crippen molar-refractivity contribution in [3.8, 4) is 5.75 Å². The number of hydrogen-bond donors (Lipinski definition) is 0. The largest absolute Gasteiger partial charge is 0.495 e. The summed E-state index contributed by atoms with van der Waals surface area (Å²) in [5.41, 5.74) is 3.40. The second kappa shape index (κ2) is 7.70. The van der Waals surface area contributed by atoms with Crippen LogP contribution < -0.4 is 9.64 Å². The molecule has 1 aliphatic rings. The Hall–Kier alpha value is -3.01. The van der Waals surface area contributed by atoms with Crippen LogP contribution in [0, 0.1) is 0 Å². The van der Waals surface area contributed by atoms with E-state index in [0.717, 1.165) is 43.3 Å². The van der Waals surface area contributed by atoms with E-state index < -0.39 is 0 Å². The Morgan fingerprint density at radius 3 is 2.33 bits per heavy atom. The second-order valence-electron chi connectivity index (χ2n) is 6.86. The Balaban J connectivity index is 1.45. The van der Waals surface area contributed by atoms with Gasteiger partial charge in [-0.3, -0.25) is 5.01 Å². The maximum Gasteiger partial charge on any atom is 0.142 e. The number of piperazine rings is 1. The van der Waals surface area contributed by atoms with Gasteiger partial charge in [0, 0.05) is 13.1 Å². The summed E-state index contributed by atoms with van der Waals surface area (Å²) in [5.74, 6) is 0.932. The van der Waals surface area contributed by atoms with Crippen molar-refractivity contribution in [1.82, 2.24) is 5.01 Å². The Labute approximate surface area is 160 Å². The third-order valence-electron chi connectivity index (χ3n) is 5.14. The molecule has 0 spiro atoms. The van der Waals surface area contributed by atoms with Gasteiger partial charge in [-0.1, -0.05) is 48.5 Å². The van der Waals surface area contributed by atoms with Crippen LogP contribution in [-0.2, 0) is 0 Å². The van der Waals surface area contributed by atoms with Gasteiger partial charge in [-0.2, -0.15) is 5.10 Å². The molecule has 3 aromatic rings. The number of fused-ring (bicyclic) bond motifs is 1. The molecule has 0 bridgehead atoms. The van der Waals surface area contributed by atoms with Crippen molar-refractivity contribution in [3.63, 3.8) is 0 Å². The van der Waals surface area contributed by atoms with Crippen molar-refractivity contribution in [2.24, 2.45) is 5.10 Å². The highest BCUT2D eigenvalue weighted by molar-refractivity contribution is 6.01. The molecule has 138 valence electrons. The van der Waals surface area contributed by atoms with Crippen molar-refractivity contribution < 1.29 is 4.74 Å². The van der Waals surface area contributed by atoms with Crippen LogP contribution >= 0.6 is 0 Å². The summed E-state index contributed by atoms with van der Waals surface area (Å²) in [5, 5.41) is 9.57. The Kier molecular flexibility index (Phi) is 4.97. The predicted molar refractivity (Wildman–Crippen MR) is 113 cm³/mol. The van der Waals surface area contributed by atoms with Gasteiger partial charge in [0.1, 0.15) is 5.75 Å². The number of methoxy groups -OCH3 is 1. The van der Waals surface area contributed by atoms with Crippen LogP contribution in [0.15, 0.2) is 71.8 Å². The van der Waals surface area contributed by atoms with E-state index in [2.05, 4.69) is 71.4 Å². The summed E-state index contributed by atoms with van der Waals surface area (Å²) in [6.45, 7) is 5.78. The summed E-state index contributed by atoms with van der Waals surface area (Å²) in [4.78, 5) is 2.37. The second-order valence-corrected chi connectivity index (χ2v) is 6.86. The molecule has 1 saturated heterocycles.